The molecule has 72 valence electrons. The maximum absolute atomic E-state index is 5.49. The van der Waals surface area contributed by atoms with Crippen LogP contribution in [0, 0.1) is 0 Å². The molecule has 1 aromatic rings. The summed E-state index contributed by atoms with van der Waals surface area (Å²) in [7, 11) is 0. The highest BCUT2D eigenvalue weighted by Gasteiger charge is 2.03. The zero-order chi connectivity index (χ0) is 9.52. The summed E-state index contributed by atoms with van der Waals surface area (Å²) in [4.78, 5) is 0. The first-order valence-electron chi connectivity index (χ1n) is 4.32. The summed E-state index contributed by atoms with van der Waals surface area (Å²) in [6.45, 7) is 5.27. The number of furan rings is 1. The van der Waals surface area contributed by atoms with Crippen molar-refractivity contribution >= 4 is 0 Å². The zero-order valence-electron chi connectivity index (χ0n) is 7.66. The number of hydrogen-bond acceptors (Lipinski definition) is 3. The topological polar surface area (TPSA) is 48.4 Å². The largest absolute Gasteiger partial charge is 0.467 e. The van der Waals surface area contributed by atoms with Gasteiger partial charge in [-0.3, -0.25) is 0 Å². The summed E-state index contributed by atoms with van der Waals surface area (Å²) >= 11 is 0. The van der Waals surface area contributed by atoms with E-state index in [2.05, 4.69) is 6.58 Å². The van der Waals surface area contributed by atoms with Crippen LogP contribution in [0.4, 0.5) is 0 Å². The van der Waals surface area contributed by atoms with Crippen molar-refractivity contribution in [2.75, 3.05) is 6.61 Å². The van der Waals surface area contributed by atoms with E-state index in [0.717, 1.165) is 17.7 Å². The molecule has 1 aromatic heterocycles. The second-order valence-electron chi connectivity index (χ2n) is 2.70. The molecule has 0 saturated heterocycles. The lowest BCUT2D eigenvalue weighted by Gasteiger charge is -2.01. The third-order valence-corrected chi connectivity index (χ3v) is 1.76. The minimum atomic E-state index is 0.493. The predicted molar refractivity (Wildman–Crippen MR) is 51.1 cm³/mol. The fraction of sp³-hybridized carbons (Fsp3) is 0.400. The Morgan fingerprint density at radius 2 is 2.46 bits per heavy atom. The summed E-state index contributed by atoms with van der Waals surface area (Å²) in [5.74, 6) is 0.826. The Bertz CT molecular complexity index is 255. The van der Waals surface area contributed by atoms with Crippen molar-refractivity contribution in [1.29, 1.82) is 0 Å². The third-order valence-electron chi connectivity index (χ3n) is 1.76. The second-order valence-corrected chi connectivity index (χ2v) is 2.70. The van der Waals surface area contributed by atoms with Crippen molar-refractivity contribution in [1.82, 2.24) is 0 Å². The predicted octanol–water partition coefficient (Wildman–Crippen LogP) is 1.83. The molecule has 3 nitrogen and oxygen atoms in total. The van der Waals surface area contributed by atoms with Gasteiger partial charge in [-0.2, -0.15) is 0 Å². The van der Waals surface area contributed by atoms with Gasteiger partial charge in [0.2, 0.25) is 0 Å². The highest BCUT2D eigenvalue weighted by molar-refractivity contribution is 5.15. The minimum absolute atomic E-state index is 0.493. The standard InChI is InChI=1S/C10H15NO2/c1-2-3-5-12-8-10-9(7-11)4-6-13-10/h2,4,6H,1,3,5,7-8,11H2. The van der Waals surface area contributed by atoms with E-state index in [1.54, 1.807) is 6.26 Å². The molecule has 0 radical (unpaired) electrons. The van der Waals surface area contributed by atoms with E-state index < -0.39 is 0 Å². The lowest BCUT2D eigenvalue weighted by molar-refractivity contribution is 0.109. The SMILES string of the molecule is C=CCCOCc1occc1CN. The van der Waals surface area contributed by atoms with E-state index >= 15 is 0 Å². The maximum atomic E-state index is 5.49. The van der Waals surface area contributed by atoms with Crippen molar-refractivity contribution in [3.63, 3.8) is 0 Å². The molecule has 0 unspecified atom stereocenters. The summed E-state index contributed by atoms with van der Waals surface area (Å²) in [5, 5.41) is 0. The average molecular weight is 181 g/mol. The van der Waals surface area contributed by atoms with Crippen LogP contribution in [0.15, 0.2) is 29.4 Å². The Morgan fingerprint density at radius 3 is 3.15 bits per heavy atom. The normalized spacial score (nSPS) is 10.2. The molecular weight excluding hydrogens is 166 g/mol. The first kappa shape index (κ1) is 10.0. The molecule has 13 heavy (non-hydrogen) atoms. The average Bonchev–Trinajstić information content (AvgIpc) is 2.60. The van der Waals surface area contributed by atoms with Gasteiger partial charge in [-0.15, -0.1) is 6.58 Å². The number of ether oxygens (including phenoxy) is 1. The Balaban J connectivity index is 2.31. The highest BCUT2D eigenvalue weighted by atomic mass is 16.5. The van der Waals surface area contributed by atoms with Crippen LogP contribution in [0.3, 0.4) is 0 Å². The monoisotopic (exact) mass is 181 g/mol. The highest BCUT2D eigenvalue weighted by Crippen LogP contribution is 2.10. The smallest absolute Gasteiger partial charge is 0.133 e. The number of nitrogens with two attached hydrogens (primary N) is 1. The Kier molecular flexibility index (Phi) is 4.29. The first-order chi connectivity index (χ1) is 6.38. The number of hydrogen-bond donors (Lipinski definition) is 1. The molecule has 2 N–H and O–H groups in total. The van der Waals surface area contributed by atoms with Gasteiger partial charge < -0.3 is 14.9 Å². The van der Waals surface area contributed by atoms with Crippen LogP contribution < -0.4 is 5.73 Å². The van der Waals surface area contributed by atoms with Gasteiger partial charge in [0.15, 0.2) is 0 Å². The zero-order valence-corrected chi connectivity index (χ0v) is 7.66. The Labute approximate surface area is 78.2 Å². The second kappa shape index (κ2) is 5.56. The summed E-state index contributed by atoms with van der Waals surface area (Å²) < 4.78 is 10.5. The molecule has 1 rings (SSSR count). The molecule has 0 spiro atoms. The molecular formula is C10H15NO2. The van der Waals surface area contributed by atoms with Gasteiger partial charge in [0.25, 0.3) is 0 Å². The van der Waals surface area contributed by atoms with Crippen LogP contribution in [-0.4, -0.2) is 6.61 Å². The lowest BCUT2D eigenvalue weighted by atomic mass is 10.2. The van der Waals surface area contributed by atoms with Crippen molar-refractivity contribution in [2.45, 2.75) is 19.6 Å². The van der Waals surface area contributed by atoms with Crippen LogP contribution >= 0.6 is 0 Å². The Morgan fingerprint density at radius 1 is 1.62 bits per heavy atom. The van der Waals surface area contributed by atoms with Crippen molar-refractivity contribution in [3.8, 4) is 0 Å². The van der Waals surface area contributed by atoms with Crippen LogP contribution in [0.5, 0.6) is 0 Å². The summed E-state index contributed by atoms with van der Waals surface area (Å²) in [6, 6.07) is 1.87. The lowest BCUT2D eigenvalue weighted by Crippen LogP contribution is -2.00. The van der Waals surface area contributed by atoms with Gasteiger partial charge in [0.05, 0.1) is 12.9 Å². The van der Waals surface area contributed by atoms with E-state index in [0.29, 0.717) is 19.8 Å². The molecule has 3 heteroatoms. The molecule has 1 heterocycles. The molecule has 0 aliphatic carbocycles. The molecule has 0 aliphatic rings. The van der Waals surface area contributed by atoms with E-state index in [4.69, 9.17) is 14.9 Å². The van der Waals surface area contributed by atoms with E-state index in [-0.39, 0.29) is 0 Å². The third kappa shape index (κ3) is 3.05. The van der Waals surface area contributed by atoms with Crippen molar-refractivity contribution in [3.05, 3.63) is 36.3 Å². The van der Waals surface area contributed by atoms with Crippen LogP contribution in [0.2, 0.25) is 0 Å². The molecule has 0 aromatic carbocycles. The summed E-state index contributed by atoms with van der Waals surface area (Å²) in [6.07, 6.45) is 4.32. The van der Waals surface area contributed by atoms with Crippen LogP contribution in [0.25, 0.3) is 0 Å². The fourth-order valence-corrected chi connectivity index (χ4v) is 1.01. The maximum Gasteiger partial charge on any atom is 0.133 e. The minimum Gasteiger partial charge on any atom is -0.467 e. The van der Waals surface area contributed by atoms with Gasteiger partial charge in [0.1, 0.15) is 12.4 Å². The van der Waals surface area contributed by atoms with Gasteiger partial charge in [-0.1, -0.05) is 6.08 Å². The van der Waals surface area contributed by atoms with Crippen molar-refractivity contribution in [2.24, 2.45) is 5.73 Å². The van der Waals surface area contributed by atoms with Gasteiger partial charge in [0, 0.05) is 12.1 Å². The molecule has 0 atom stereocenters. The quantitative estimate of drug-likeness (QED) is 0.538. The molecule has 0 aliphatic heterocycles. The van der Waals surface area contributed by atoms with Gasteiger partial charge in [-0.05, 0) is 12.5 Å². The van der Waals surface area contributed by atoms with Crippen molar-refractivity contribution < 1.29 is 9.15 Å². The molecule has 0 amide bonds. The van der Waals surface area contributed by atoms with Crippen LogP contribution in [-0.2, 0) is 17.9 Å². The molecule has 0 saturated carbocycles. The fourth-order valence-electron chi connectivity index (χ4n) is 1.01. The summed E-state index contributed by atoms with van der Waals surface area (Å²) in [5.41, 5.74) is 6.51. The van der Waals surface area contributed by atoms with Gasteiger partial charge >= 0.3 is 0 Å². The first-order valence-corrected chi connectivity index (χ1v) is 4.32. The Hall–Kier alpha value is -1.06. The van der Waals surface area contributed by atoms with E-state index in [1.165, 1.54) is 0 Å². The molecule has 0 bridgehead atoms. The molecule has 0 fully saturated rings. The number of rotatable bonds is 6. The van der Waals surface area contributed by atoms with Gasteiger partial charge in [-0.25, -0.2) is 0 Å². The van der Waals surface area contributed by atoms with Crippen LogP contribution in [0.1, 0.15) is 17.7 Å². The van der Waals surface area contributed by atoms with E-state index in [1.807, 2.05) is 12.1 Å². The van der Waals surface area contributed by atoms with E-state index in [9.17, 15) is 0 Å².